The predicted molar refractivity (Wildman–Crippen MR) is 165 cm³/mol. The molecule has 0 bridgehead atoms. The van der Waals surface area contributed by atoms with Crippen molar-refractivity contribution in [2.75, 3.05) is 20.8 Å². The number of hydrogen-bond acceptors (Lipinski definition) is 9. The number of methoxy groups -OCH3 is 2. The first-order valence-corrected chi connectivity index (χ1v) is 15.0. The summed E-state index contributed by atoms with van der Waals surface area (Å²) in [6, 6.07) is 29.8. The molecule has 7 rings (SSSR count). The molecule has 3 aliphatic rings. The van der Waals surface area contributed by atoms with Gasteiger partial charge in [0.15, 0.2) is 6.29 Å². The number of amides is 2. The summed E-state index contributed by atoms with van der Waals surface area (Å²) in [6.45, 7) is 0.352. The highest BCUT2D eigenvalue weighted by atomic mass is 16.8. The fourth-order valence-electron chi connectivity index (χ4n) is 6.08. The Morgan fingerprint density at radius 2 is 1.30 bits per heavy atom. The molecule has 10 nitrogen and oxygen atoms in total. The Morgan fingerprint density at radius 1 is 0.717 bits per heavy atom. The van der Waals surface area contributed by atoms with Crippen molar-refractivity contribution >= 4 is 11.8 Å². The van der Waals surface area contributed by atoms with Crippen molar-refractivity contribution in [2.45, 2.75) is 43.5 Å². The standard InChI is InChI=1S/C36H33NO9/c1-40-24-14-12-23(13-15-24)35-43-21-29-31(46-35)32(42-20-22-8-4-3-5-9-22)30(36(45-29)44-26-18-16-25(41-2)17-19-26)37-33(38)27-10-6-7-11-28(27)34(37)39/h3-19,29-32,35-36H,20-21H2,1-2H3/t29?,30?,31-,32+,35?,36-/m1/s1. The number of ether oxygens (including phenoxy) is 7. The van der Waals surface area contributed by atoms with E-state index in [0.29, 0.717) is 28.4 Å². The molecule has 0 N–H and O–H groups in total. The number of benzene rings is 4. The highest BCUT2D eigenvalue weighted by Gasteiger charge is 2.57. The second-order valence-electron chi connectivity index (χ2n) is 11.2. The highest BCUT2D eigenvalue weighted by Crippen LogP contribution is 2.40. The lowest BCUT2D eigenvalue weighted by Crippen LogP contribution is -2.68. The topological polar surface area (TPSA) is 102 Å². The van der Waals surface area contributed by atoms with Crippen LogP contribution in [0.4, 0.5) is 0 Å². The molecule has 2 fully saturated rings. The largest absolute Gasteiger partial charge is 0.497 e. The molecule has 4 aromatic carbocycles. The van der Waals surface area contributed by atoms with Crippen molar-refractivity contribution in [1.29, 1.82) is 0 Å². The number of fused-ring (bicyclic) bond motifs is 2. The fourth-order valence-corrected chi connectivity index (χ4v) is 6.08. The minimum absolute atomic E-state index is 0.157. The summed E-state index contributed by atoms with van der Waals surface area (Å²) in [5, 5.41) is 0. The highest BCUT2D eigenvalue weighted by molar-refractivity contribution is 6.21. The molecule has 0 saturated carbocycles. The Balaban J connectivity index is 1.27. The summed E-state index contributed by atoms with van der Waals surface area (Å²) < 4.78 is 42.9. The van der Waals surface area contributed by atoms with Gasteiger partial charge in [0.05, 0.1) is 38.6 Å². The van der Waals surface area contributed by atoms with Crippen LogP contribution in [0.1, 0.15) is 38.1 Å². The Morgan fingerprint density at radius 3 is 1.93 bits per heavy atom. The van der Waals surface area contributed by atoms with E-state index in [1.807, 2.05) is 54.6 Å². The zero-order valence-corrected chi connectivity index (χ0v) is 25.3. The van der Waals surface area contributed by atoms with E-state index in [0.717, 1.165) is 11.1 Å². The van der Waals surface area contributed by atoms with Gasteiger partial charge in [-0.2, -0.15) is 0 Å². The fraction of sp³-hybridized carbons (Fsp3) is 0.278. The summed E-state index contributed by atoms with van der Waals surface area (Å²) in [5.41, 5.74) is 2.31. The Hall–Kier alpha value is -4.74. The van der Waals surface area contributed by atoms with Gasteiger partial charge in [-0.05, 0) is 54.1 Å². The SMILES string of the molecule is COc1ccc(O[C@@H]2OC3COC(c4ccc(OC)cc4)O[C@H]3[C@@H](OCc3ccccc3)C2N2C(=O)c3ccccc3C2=O)cc1. The summed E-state index contributed by atoms with van der Waals surface area (Å²) in [7, 11) is 3.18. The third-order valence-electron chi connectivity index (χ3n) is 8.42. The zero-order chi connectivity index (χ0) is 31.6. The van der Waals surface area contributed by atoms with E-state index in [-0.39, 0.29) is 13.2 Å². The Bertz CT molecular complexity index is 1640. The second kappa shape index (κ2) is 12.9. The number of nitrogens with zero attached hydrogens (tertiary/aromatic N) is 1. The molecule has 0 spiro atoms. The minimum atomic E-state index is -1.11. The van der Waals surface area contributed by atoms with Crippen LogP contribution >= 0.6 is 0 Å². The van der Waals surface area contributed by atoms with E-state index in [9.17, 15) is 9.59 Å². The van der Waals surface area contributed by atoms with E-state index in [4.69, 9.17) is 33.2 Å². The number of hydrogen-bond donors (Lipinski definition) is 0. The van der Waals surface area contributed by atoms with Crippen molar-refractivity contribution in [3.8, 4) is 17.2 Å². The normalized spacial score (nSPS) is 25.5. The maximum atomic E-state index is 14.0. The second-order valence-corrected chi connectivity index (χ2v) is 11.2. The average Bonchev–Trinajstić information content (AvgIpc) is 3.36. The summed E-state index contributed by atoms with van der Waals surface area (Å²) >= 11 is 0. The molecule has 0 aliphatic carbocycles. The van der Waals surface area contributed by atoms with Gasteiger partial charge in [-0.15, -0.1) is 0 Å². The molecular weight excluding hydrogens is 590 g/mol. The molecule has 4 aromatic rings. The Labute approximate surface area is 266 Å². The van der Waals surface area contributed by atoms with Gasteiger partial charge in [0.2, 0.25) is 6.29 Å². The predicted octanol–water partition coefficient (Wildman–Crippen LogP) is 5.17. The van der Waals surface area contributed by atoms with Gasteiger partial charge < -0.3 is 33.2 Å². The molecule has 2 amide bonds. The van der Waals surface area contributed by atoms with Crippen LogP contribution in [-0.2, 0) is 25.6 Å². The van der Waals surface area contributed by atoms with Gasteiger partial charge in [-0.3, -0.25) is 14.5 Å². The first kappa shape index (κ1) is 29.9. The molecular formula is C36H33NO9. The maximum absolute atomic E-state index is 14.0. The van der Waals surface area contributed by atoms with Crippen LogP contribution in [0.15, 0.2) is 103 Å². The molecule has 6 atom stereocenters. The van der Waals surface area contributed by atoms with E-state index in [1.54, 1.807) is 62.8 Å². The van der Waals surface area contributed by atoms with Crippen molar-refractivity contribution in [1.82, 2.24) is 4.90 Å². The third-order valence-corrected chi connectivity index (χ3v) is 8.42. The first-order chi connectivity index (χ1) is 22.5. The van der Waals surface area contributed by atoms with Crippen molar-refractivity contribution < 1.29 is 42.7 Å². The van der Waals surface area contributed by atoms with Gasteiger partial charge >= 0.3 is 0 Å². The van der Waals surface area contributed by atoms with Crippen LogP contribution in [0.25, 0.3) is 0 Å². The van der Waals surface area contributed by atoms with Crippen LogP contribution in [0.3, 0.4) is 0 Å². The van der Waals surface area contributed by atoms with Crippen LogP contribution in [-0.4, -0.2) is 68.2 Å². The van der Waals surface area contributed by atoms with Crippen LogP contribution in [0.5, 0.6) is 17.2 Å². The van der Waals surface area contributed by atoms with Crippen LogP contribution in [0, 0.1) is 0 Å². The first-order valence-electron chi connectivity index (χ1n) is 15.0. The lowest BCUT2D eigenvalue weighted by molar-refractivity contribution is -0.344. The smallest absolute Gasteiger partial charge is 0.262 e. The van der Waals surface area contributed by atoms with Gasteiger partial charge in [-0.1, -0.05) is 54.6 Å². The monoisotopic (exact) mass is 623 g/mol. The van der Waals surface area contributed by atoms with Gasteiger partial charge in [0, 0.05) is 5.56 Å². The molecule has 3 unspecified atom stereocenters. The van der Waals surface area contributed by atoms with Gasteiger partial charge in [0.25, 0.3) is 11.8 Å². The number of carbonyl (C=O) groups excluding carboxylic acids is 2. The maximum Gasteiger partial charge on any atom is 0.262 e. The van der Waals surface area contributed by atoms with E-state index in [1.165, 1.54) is 4.90 Å². The Kier molecular flexibility index (Phi) is 8.42. The number of carbonyl (C=O) groups is 2. The molecule has 46 heavy (non-hydrogen) atoms. The zero-order valence-electron chi connectivity index (χ0n) is 25.3. The molecule has 2 saturated heterocycles. The minimum Gasteiger partial charge on any atom is -0.497 e. The van der Waals surface area contributed by atoms with Crippen molar-refractivity contribution in [3.63, 3.8) is 0 Å². The van der Waals surface area contributed by atoms with Crippen molar-refractivity contribution in [2.24, 2.45) is 0 Å². The van der Waals surface area contributed by atoms with Crippen LogP contribution in [0.2, 0.25) is 0 Å². The molecule has 0 aromatic heterocycles. The summed E-state index contributed by atoms with van der Waals surface area (Å²) in [5.74, 6) is 0.899. The molecule has 3 aliphatic heterocycles. The molecule has 10 heteroatoms. The number of rotatable bonds is 9. The third kappa shape index (κ3) is 5.72. The van der Waals surface area contributed by atoms with E-state index < -0.39 is 48.7 Å². The molecule has 0 radical (unpaired) electrons. The van der Waals surface area contributed by atoms with Crippen molar-refractivity contribution in [3.05, 3.63) is 125 Å². The lowest BCUT2D eigenvalue weighted by atomic mass is 9.94. The molecule has 236 valence electrons. The van der Waals surface area contributed by atoms with Gasteiger partial charge in [-0.25, -0.2) is 0 Å². The quantitative estimate of drug-likeness (QED) is 0.234. The summed E-state index contributed by atoms with van der Waals surface area (Å²) in [4.78, 5) is 29.1. The van der Waals surface area contributed by atoms with E-state index >= 15 is 0 Å². The lowest BCUT2D eigenvalue weighted by Gasteiger charge is -2.50. The molecule has 3 heterocycles. The van der Waals surface area contributed by atoms with Crippen LogP contribution < -0.4 is 14.2 Å². The average molecular weight is 624 g/mol. The van der Waals surface area contributed by atoms with E-state index in [2.05, 4.69) is 0 Å². The van der Waals surface area contributed by atoms with Gasteiger partial charge in [0.1, 0.15) is 41.6 Å². The number of imide groups is 1. The summed E-state index contributed by atoms with van der Waals surface area (Å²) in [6.07, 6.45) is -4.07.